The van der Waals surface area contributed by atoms with Crippen molar-refractivity contribution in [2.45, 2.75) is 33.1 Å². The Labute approximate surface area is 98.1 Å². The Hall–Kier alpha value is -0.890. The molecule has 0 amide bonds. The van der Waals surface area contributed by atoms with Crippen molar-refractivity contribution in [2.75, 3.05) is 13.1 Å². The molecule has 0 heterocycles. The highest BCUT2D eigenvalue weighted by Crippen LogP contribution is 2.12. The van der Waals surface area contributed by atoms with Gasteiger partial charge in [0.15, 0.2) is 0 Å². The van der Waals surface area contributed by atoms with Crippen LogP contribution in [0.4, 0.5) is 4.39 Å². The van der Waals surface area contributed by atoms with Gasteiger partial charge in [-0.15, -0.1) is 0 Å². The molecular weight excluding hydrogens is 201 g/mol. The lowest BCUT2D eigenvalue weighted by Crippen LogP contribution is -2.24. The molecule has 0 spiro atoms. The van der Waals surface area contributed by atoms with E-state index in [0.29, 0.717) is 5.92 Å². The van der Waals surface area contributed by atoms with Crippen molar-refractivity contribution < 1.29 is 4.39 Å². The van der Waals surface area contributed by atoms with Crippen LogP contribution >= 0.6 is 0 Å². The van der Waals surface area contributed by atoms with Gasteiger partial charge in [-0.1, -0.05) is 32.4 Å². The molecule has 1 atom stereocenters. The maximum atomic E-state index is 13.0. The molecule has 0 aliphatic rings. The molecule has 16 heavy (non-hydrogen) atoms. The summed E-state index contributed by atoms with van der Waals surface area (Å²) in [5, 5.41) is 3.43. The minimum Gasteiger partial charge on any atom is -0.316 e. The summed E-state index contributed by atoms with van der Waals surface area (Å²) in [4.78, 5) is 0. The second kappa shape index (κ2) is 7.39. The predicted molar refractivity (Wildman–Crippen MR) is 67.0 cm³/mol. The van der Waals surface area contributed by atoms with Crippen LogP contribution in [-0.2, 0) is 6.42 Å². The zero-order valence-corrected chi connectivity index (χ0v) is 10.3. The van der Waals surface area contributed by atoms with Crippen molar-refractivity contribution in [3.8, 4) is 0 Å². The summed E-state index contributed by atoms with van der Waals surface area (Å²) in [5.74, 6) is 0.474. The van der Waals surface area contributed by atoms with Crippen LogP contribution in [0.5, 0.6) is 0 Å². The normalized spacial score (nSPS) is 12.7. The highest BCUT2D eigenvalue weighted by Gasteiger charge is 2.07. The van der Waals surface area contributed by atoms with E-state index in [1.807, 2.05) is 6.07 Å². The van der Waals surface area contributed by atoms with E-state index in [1.54, 1.807) is 12.1 Å². The minimum absolute atomic E-state index is 0.131. The van der Waals surface area contributed by atoms with Crippen LogP contribution in [0.25, 0.3) is 0 Å². The number of nitrogens with one attached hydrogen (secondary N) is 1. The van der Waals surface area contributed by atoms with Gasteiger partial charge < -0.3 is 5.32 Å². The quantitative estimate of drug-likeness (QED) is 0.699. The minimum atomic E-state index is -0.131. The molecule has 0 fully saturated rings. The molecule has 0 aliphatic heterocycles. The largest absolute Gasteiger partial charge is 0.316 e. The number of benzene rings is 1. The molecule has 1 aromatic rings. The molecule has 2 heteroatoms. The van der Waals surface area contributed by atoms with Gasteiger partial charge >= 0.3 is 0 Å². The van der Waals surface area contributed by atoms with Crippen LogP contribution < -0.4 is 5.32 Å². The van der Waals surface area contributed by atoms with Gasteiger partial charge in [0, 0.05) is 0 Å². The third kappa shape index (κ3) is 4.75. The lowest BCUT2D eigenvalue weighted by Gasteiger charge is -2.15. The van der Waals surface area contributed by atoms with E-state index in [4.69, 9.17) is 0 Å². The van der Waals surface area contributed by atoms with E-state index in [1.165, 1.54) is 6.07 Å². The van der Waals surface area contributed by atoms with Gasteiger partial charge in [0.05, 0.1) is 0 Å². The molecule has 0 saturated heterocycles. The summed E-state index contributed by atoms with van der Waals surface area (Å²) < 4.78 is 13.0. The Morgan fingerprint density at radius 1 is 1.31 bits per heavy atom. The molecule has 1 unspecified atom stereocenters. The van der Waals surface area contributed by atoms with Gasteiger partial charge in [0.2, 0.25) is 0 Å². The highest BCUT2D eigenvalue weighted by molar-refractivity contribution is 5.16. The maximum Gasteiger partial charge on any atom is 0.123 e. The third-order valence-corrected chi connectivity index (χ3v) is 2.85. The zero-order valence-electron chi connectivity index (χ0n) is 10.3. The van der Waals surface area contributed by atoms with Gasteiger partial charge in [0.1, 0.15) is 5.82 Å². The fourth-order valence-corrected chi connectivity index (χ4v) is 1.84. The van der Waals surface area contributed by atoms with Crippen molar-refractivity contribution >= 4 is 0 Å². The van der Waals surface area contributed by atoms with Gasteiger partial charge in [-0.3, -0.25) is 0 Å². The smallest absolute Gasteiger partial charge is 0.123 e. The summed E-state index contributed by atoms with van der Waals surface area (Å²) in [6.07, 6.45) is 3.26. The average molecular weight is 223 g/mol. The Morgan fingerprint density at radius 3 is 2.75 bits per heavy atom. The van der Waals surface area contributed by atoms with E-state index >= 15 is 0 Å². The highest BCUT2D eigenvalue weighted by atomic mass is 19.1. The fourth-order valence-electron chi connectivity index (χ4n) is 1.84. The van der Waals surface area contributed by atoms with Gasteiger partial charge in [-0.2, -0.15) is 0 Å². The number of hydrogen-bond donors (Lipinski definition) is 1. The Morgan fingerprint density at radius 2 is 2.12 bits per heavy atom. The van der Waals surface area contributed by atoms with Crippen molar-refractivity contribution in [1.29, 1.82) is 0 Å². The van der Waals surface area contributed by atoms with Crippen molar-refractivity contribution in [3.63, 3.8) is 0 Å². The van der Waals surface area contributed by atoms with E-state index in [0.717, 1.165) is 37.9 Å². The third-order valence-electron chi connectivity index (χ3n) is 2.85. The summed E-state index contributed by atoms with van der Waals surface area (Å²) in [6, 6.07) is 6.94. The summed E-state index contributed by atoms with van der Waals surface area (Å²) >= 11 is 0. The number of rotatable bonds is 7. The first-order chi connectivity index (χ1) is 7.76. The molecule has 1 rings (SSSR count). The molecule has 0 saturated carbocycles. The van der Waals surface area contributed by atoms with Crippen molar-refractivity contribution in [2.24, 2.45) is 5.92 Å². The van der Waals surface area contributed by atoms with E-state index in [2.05, 4.69) is 19.2 Å². The maximum absolute atomic E-state index is 13.0. The van der Waals surface area contributed by atoms with Crippen LogP contribution in [0.1, 0.15) is 32.3 Å². The van der Waals surface area contributed by atoms with E-state index in [-0.39, 0.29) is 5.82 Å². The van der Waals surface area contributed by atoms with Gasteiger partial charge in [0.25, 0.3) is 0 Å². The van der Waals surface area contributed by atoms with Crippen molar-refractivity contribution in [1.82, 2.24) is 5.32 Å². The molecule has 0 aliphatic carbocycles. The van der Waals surface area contributed by atoms with Gasteiger partial charge in [-0.25, -0.2) is 4.39 Å². The van der Waals surface area contributed by atoms with E-state index in [9.17, 15) is 4.39 Å². The zero-order chi connectivity index (χ0) is 11.8. The second-order valence-corrected chi connectivity index (χ2v) is 4.31. The fraction of sp³-hybridized carbons (Fsp3) is 0.571. The summed E-state index contributed by atoms with van der Waals surface area (Å²) in [7, 11) is 0. The lowest BCUT2D eigenvalue weighted by atomic mass is 9.97. The molecule has 0 aromatic heterocycles. The molecule has 1 aromatic carbocycles. The Kier molecular flexibility index (Phi) is 6.09. The molecule has 90 valence electrons. The lowest BCUT2D eigenvalue weighted by molar-refractivity contribution is 0.459. The van der Waals surface area contributed by atoms with E-state index < -0.39 is 0 Å². The first-order valence-corrected chi connectivity index (χ1v) is 6.21. The second-order valence-electron chi connectivity index (χ2n) is 4.31. The summed E-state index contributed by atoms with van der Waals surface area (Å²) in [5.41, 5.74) is 1.10. The molecule has 0 radical (unpaired) electrons. The summed E-state index contributed by atoms with van der Waals surface area (Å²) in [6.45, 7) is 6.46. The molecule has 0 bridgehead atoms. The van der Waals surface area contributed by atoms with Crippen LogP contribution in [0.3, 0.4) is 0 Å². The average Bonchev–Trinajstić information content (AvgIpc) is 2.28. The van der Waals surface area contributed by atoms with Gasteiger partial charge in [-0.05, 0) is 49.5 Å². The van der Waals surface area contributed by atoms with Crippen LogP contribution in [0, 0.1) is 11.7 Å². The number of halogens is 1. The van der Waals surface area contributed by atoms with Crippen LogP contribution in [0.15, 0.2) is 24.3 Å². The Balaban J connectivity index is 2.43. The first kappa shape index (κ1) is 13.2. The molecule has 1 N–H and O–H groups in total. The topological polar surface area (TPSA) is 12.0 Å². The number of hydrogen-bond acceptors (Lipinski definition) is 1. The molecule has 1 nitrogen and oxygen atoms in total. The monoisotopic (exact) mass is 223 g/mol. The van der Waals surface area contributed by atoms with Crippen LogP contribution in [-0.4, -0.2) is 13.1 Å². The SMILES string of the molecule is CCCNCC(CC)Cc1cccc(F)c1. The Bertz CT molecular complexity index is 299. The molecular formula is C14H22FN. The first-order valence-electron chi connectivity index (χ1n) is 6.21. The van der Waals surface area contributed by atoms with Crippen molar-refractivity contribution in [3.05, 3.63) is 35.6 Å². The van der Waals surface area contributed by atoms with Crippen LogP contribution in [0.2, 0.25) is 0 Å². The predicted octanol–water partition coefficient (Wildman–Crippen LogP) is 3.39. The standard InChI is InChI=1S/C14H22FN/c1-3-8-16-11-12(4-2)9-13-6-5-7-14(15)10-13/h5-7,10,12,16H,3-4,8-9,11H2,1-2H3.